The zero-order valence-electron chi connectivity index (χ0n) is 13.7. The van der Waals surface area contributed by atoms with Crippen molar-refractivity contribution in [2.45, 2.75) is 44.2 Å². The number of benzene rings is 1. The van der Waals surface area contributed by atoms with Gasteiger partial charge in [0.1, 0.15) is 0 Å². The number of aliphatic hydroxyl groups is 1. The zero-order valence-corrected chi connectivity index (χ0v) is 13.7. The molecule has 0 heterocycles. The van der Waals surface area contributed by atoms with E-state index in [1.165, 1.54) is 19.3 Å². The molecule has 1 aliphatic rings. The fourth-order valence-electron chi connectivity index (χ4n) is 3.26. The first-order valence-corrected chi connectivity index (χ1v) is 7.86. The Morgan fingerprint density at radius 3 is 2.00 bits per heavy atom. The van der Waals surface area contributed by atoms with Crippen LogP contribution in [0.4, 0.5) is 0 Å². The van der Waals surface area contributed by atoms with E-state index in [1.54, 1.807) is 21.3 Å². The molecule has 0 spiro atoms. The van der Waals surface area contributed by atoms with Crippen LogP contribution < -0.4 is 19.9 Å². The highest BCUT2D eigenvalue weighted by molar-refractivity contribution is 5.54. The maximum atomic E-state index is 10.6. The Hall–Kier alpha value is -1.46. The van der Waals surface area contributed by atoms with Crippen LogP contribution >= 0.6 is 0 Å². The van der Waals surface area contributed by atoms with Crippen molar-refractivity contribution in [1.29, 1.82) is 0 Å². The Bertz CT molecular complexity index is 461. The van der Waals surface area contributed by atoms with Crippen LogP contribution in [0.3, 0.4) is 0 Å². The Balaban J connectivity index is 2.26. The Morgan fingerprint density at radius 1 is 1.00 bits per heavy atom. The topological polar surface area (TPSA) is 73.9 Å². The average Bonchev–Trinajstić information content (AvgIpc) is 2.59. The Morgan fingerprint density at radius 2 is 1.55 bits per heavy atom. The van der Waals surface area contributed by atoms with E-state index in [1.807, 2.05) is 12.1 Å². The molecule has 5 heteroatoms. The summed E-state index contributed by atoms with van der Waals surface area (Å²) in [5, 5.41) is 10.6. The zero-order chi connectivity index (χ0) is 16.1. The van der Waals surface area contributed by atoms with Gasteiger partial charge in [0, 0.05) is 0 Å². The van der Waals surface area contributed by atoms with E-state index in [4.69, 9.17) is 19.9 Å². The highest BCUT2D eigenvalue weighted by Gasteiger charge is 2.29. The van der Waals surface area contributed by atoms with Gasteiger partial charge in [-0.25, -0.2) is 0 Å². The normalized spacial score (nSPS) is 18.6. The number of nitrogens with two attached hydrogens (primary N) is 1. The van der Waals surface area contributed by atoms with Gasteiger partial charge in [0.15, 0.2) is 11.5 Å². The third-order valence-corrected chi connectivity index (χ3v) is 4.57. The third kappa shape index (κ3) is 3.47. The van der Waals surface area contributed by atoms with Crippen molar-refractivity contribution in [1.82, 2.24) is 0 Å². The number of ether oxygens (including phenoxy) is 3. The highest BCUT2D eigenvalue weighted by Crippen LogP contribution is 2.41. The molecule has 0 aromatic heterocycles. The van der Waals surface area contributed by atoms with Gasteiger partial charge in [0.05, 0.1) is 33.5 Å². The van der Waals surface area contributed by atoms with Gasteiger partial charge in [0.2, 0.25) is 5.75 Å². The SMILES string of the molecule is COc1cc([C@@H](N)[C@@H](O)C2CCCCC2)cc(OC)c1OC. The van der Waals surface area contributed by atoms with E-state index in [2.05, 4.69) is 0 Å². The number of hydrogen-bond acceptors (Lipinski definition) is 5. The lowest BCUT2D eigenvalue weighted by Crippen LogP contribution is -2.34. The van der Waals surface area contributed by atoms with E-state index >= 15 is 0 Å². The summed E-state index contributed by atoms with van der Waals surface area (Å²) in [6.07, 6.45) is 5.12. The summed E-state index contributed by atoms with van der Waals surface area (Å²) in [4.78, 5) is 0. The molecule has 3 N–H and O–H groups in total. The lowest BCUT2D eigenvalue weighted by atomic mass is 9.81. The van der Waals surface area contributed by atoms with Crippen LogP contribution in [0.15, 0.2) is 12.1 Å². The Kier molecular flexibility index (Phi) is 5.91. The third-order valence-electron chi connectivity index (χ3n) is 4.57. The largest absolute Gasteiger partial charge is 0.493 e. The lowest BCUT2D eigenvalue weighted by Gasteiger charge is -2.31. The molecule has 0 aliphatic heterocycles. The molecule has 0 radical (unpaired) electrons. The minimum atomic E-state index is -0.553. The van der Waals surface area contributed by atoms with Crippen LogP contribution in [0, 0.1) is 5.92 Å². The molecule has 0 saturated heterocycles. The Labute approximate surface area is 132 Å². The van der Waals surface area contributed by atoms with Crippen molar-refractivity contribution in [3.8, 4) is 17.2 Å². The summed E-state index contributed by atoms with van der Waals surface area (Å²) < 4.78 is 16.0. The predicted molar refractivity (Wildman–Crippen MR) is 85.6 cm³/mol. The summed E-state index contributed by atoms with van der Waals surface area (Å²) >= 11 is 0. The number of methoxy groups -OCH3 is 3. The minimum absolute atomic E-state index is 0.267. The minimum Gasteiger partial charge on any atom is -0.493 e. The van der Waals surface area contributed by atoms with Crippen LogP contribution in [-0.2, 0) is 0 Å². The molecule has 124 valence electrons. The van der Waals surface area contributed by atoms with Crippen molar-refractivity contribution >= 4 is 0 Å². The first-order chi connectivity index (χ1) is 10.6. The lowest BCUT2D eigenvalue weighted by molar-refractivity contribution is 0.0616. The first-order valence-electron chi connectivity index (χ1n) is 7.86. The van der Waals surface area contributed by atoms with Crippen LogP contribution in [0.1, 0.15) is 43.7 Å². The molecule has 22 heavy (non-hydrogen) atoms. The summed E-state index contributed by atoms with van der Waals surface area (Å²) in [6, 6.07) is 3.17. The van der Waals surface area contributed by atoms with Crippen LogP contribution in [0.5, 0.6) is 17.2 Å². The monoisotopic (exact) mass is 309 g/mol. The predicted octanol–water partition coefficient (Wildman–Crippen LogP) is 2.65. The van der Waals surface area contributed by atoms with Gasteiger partial charge >= 0.3 is 0 Å². The molecule has 5 nitrogen and oxygen atoms in total. The van der Waals surface area contributed by atoms with Crippen molar-refractivity contribution in [2.24, 2.45) is 11.7 Å². The fourth-order valence-corrected chi connectivity index (χ4v) is 3.26. The molecule has 1 saturated carbocycles. The molecular weight excluding hydrogens is 282 g/mol. The number of hydrogen-bond donors (Lipinski definition) is 2. The van der Waals surface area contributed by atoms with Gasteiger partial charge in [-0.2, -0.15) is 0 Å². The quantitative estimate of drug-likeness (QED) is 0.845. The summed E-state index contributed by atoms with van der Waals surface area (Å²) in [6.45, 7) is 0. The summed E-state index contributed by atoms with van der Waals surface area (Å²) in [7, 11) is 4.71. The molecule has 1 aliphatic carbocycles. The number of rotatable bonds is 6. The van der Waals surface area contributed by atoms with Crippen molar-refractivity contribution < 1.29 is 19.3 Å². The molecule has 2 rings (SSSR count). The van der Waals surface area contributed by atoms with Gasteiger partial charge < -0.3 is 25.1 Å². The summed E-state index contributed by atoms with van der Waals surface area (Å²) in [5.74, 6) is 1.92. The molecule has 1 aromatic rings. The van der Waals surface area contributed by atoms with E-state index in [0.717, 1.165) is 18.4 Å². The van der Waals surface area contributed by atoms with E-state index in [-0.39, 0.29) is 5.92 Å². The first kappa shape index (κ1) is 16.9. The smallest absolute Gasteiger partial charge is 0.203 e. The number of aliphatic hydroxyl groups excluding tert-OH is 1. The van der Waals surface area contributed by atoms with Crippen LogP contribution in [0.25, 0.3) is 0 Å². The molecular formula is C17H27NO4. The summed E-state index contributed by atoms with van der Waals surface area (Å²) in [5.41, 5.74) is 7.10. The van der Waals surface area contributed by atoms with Crippen LogP contribution in [0.2, 0.25) is 0 Å². The van der Waals surface area contributed by atoms with Crippen molar-refractivity contribution in [2.75, 3.05) is 21.3 Å². The van der Waals surface area contributed by atoms with Gasteiger partial charge in [0.25, 0.3) is 0 Å². The molecule has 0 amide bonds. The molecule has 0 bridgehead atoms. The van der Waals surface area contributed by atoms with Crippen LogP contribution in [-0.4, -0.2) is 32.5 Å². The standard InChI is InChI=1S/C17H27NO4/c1-20-13-9-12(10-14(21-2)17(13)22-3)15(18)16(19)11-7-5-4-6-8-11/h9-11,15-16,19H,4-8,18H2,1-3H3/t15-,16+/m1/s1. The fraction of sp³-hybridized carbons (Fsp3) is 0.647. The molecule has 2 atom stereocenters. The van der Waals surface area contributed by atoms with E-state index in [9.17, 15) is 5.11 Å². The van der Waals surface area contributed by atoms with Gasteiger partial charge in [-0.3, -0.25) is 0 Å². The maximum absolute atomic E-state index is 10.6. The molecule has 1 fully saturated rings. The van der Waals surface area contributed by atoms with Crippen molar-refractivity contribution in [3.63, 3.8) is 0 Å². The second-order valence-corrected chi connectivity index (χ2v) is 5.87. The van der Waals surface area contributed by atoms with Gasteiger partial charge in [-0.05, 0) is 36.5 Å². The highest BCUT2D eigenvalue weighted by atomic mass is 16.5. The van der Waals surface area contributed by atoms with Gasteiger partial charge in [-0.1, -0.05) is 19.3 Å². The van der Waals surface area contributed by atoms with Gasteiger partial charge in [-0.15, -0.1) is 0 Å². The molecule has 0 unspecified atom stereocenters. The maximum Gasteiger partial charge on any atom is 0.203 e. The van der Waals surface area contributed by atoms with E-state index < -0.39 is 12.1 Å². The second-order valence-electron chi connectivity index (χ2n) is 5.87. The van der Waals surface area contributed by atoms with E-state index in [0.29, 0.717) is 17.2 Å². The van der Waals surface area contributed by atoms with Crippen molar-refractivity contribution in [3.05, 3.63) is 17.7 Å². The second kappa shape index (κ2) is 7.70. The molecule has 1 aromatic carbocycles. The average molecular weight is 309 g/mol.